The van der Waals surface area contributed by atoms with Gasteiger partial charge in [-0.25, -0.2) is 0 Å². The molecule has 0 fully saturated rings. The Morgan fingerprint density at radius 2 is 1.77 bits per heavy atom. The van der Waals surface area contributed by atoms with Crippen molar-refractivity contribution in [2.45, 2.75) is 0 Å². The number of aromatic nitrogens is 2. The molecule has 0 atom stereocenters. The molecule has 2 nitrogen and oxygen atoms in total. The van der Waals surface area contributed by atoms with E-state index >= 15 is 0 Å². The van der Waals surface area contributed by atoms with Gasteiger partial charge in [0.25, 0.3) is 0 Å². The maximum absolute atomic E-state index is 5.74. The Morgan fingerprint density at radius 3 is 2.46 bits per heavy atom. The minimum atomic E-state index is 0.500. The van der Waals surface area contributed by atoms with Gasteiger partial charge in [-0.15, -0.1) is 0 Å². The summed E-state index contributed by atoms with van der Waals surface area (Å²) in [7, 11) is 4.83. The van der Waals surface area contributed by atoms with Crippen LogP contribution in [0.15, 0.2) is 18.5 Å². The Bertz CT molecular complexity index is 366. The van der Waals surface area contributed by atoms with E-state index in [4.69, 9.17) is 31.5 Å². The molecule has 1 aromatic carbocycles. The van der Waals surface area contributed by atoms with Crippen LogP contribution in [0.2, 0.25) is 10.0 Å². The molecule has 2 rings (SSSR count). The van der Waals surface area contributed by atoms with Gasteiger partial charge in [-0.3, -0.25) is 0 Å². The molecule has 0 spiro atoms. The zero-order valence-corrected chi connectivity index (χ0v) is 14.2. The van der Waals surface area contributed by atoms with Crippen molar-refractivity contribution < 1.29 is 24.9 Å². The molecule has 0 saturated carbocycles. The molecular formula is C7H3Cl3HgN2. The number of rotatable bonds is 0. The van der Waals surface area contributed by atoms with Gasteiger partial charge in [-0.2, -0.15) is 0 Å². The van der Waals surface area contributed by atoms with E-state index in [2.05, 4.69) is 9.97 Å². The molecule has 0 unspecified atom stereocenters. The molecule has 0 bridgehead atoms. The summed E-state index contributed by atoms with van der Waals surface area (Å²) in [5.41, 5.74) is 1.55. The van der Waals surface area contributed by atoms with E-state index in [1.807, 2.05) is 0 Å². The van der Waals surface area contributed by atoms with Gasteiger partial charge in [0.2, 0.25) is 0 Å². The van der Waals surface area contributed by atoms with Gasteiger partial charge < -0.3 is 9.97 Å². The van der Waals surface area contributed by atoms with E-state index < -0.39 is 0 Å². The number of fused-ring (bicyclic) bond motifs is 1. The van der Waals surface area contributed by atoms with Gasteiger partial charge >= 0.3 is 33.1 Å². The number of hydrogen-bond donors (Lipinski definition) is 0. The summed E-state index contributed by atoms with van der Waals surface area (Å²) in [5, 5.41) is 1.03. The van der Waals surface area contributed by atoms with Gasteiger partial charge in [-0.05, 0) is 23.2 Å². The fourth-order valence-electron chi connectivity index (χ4n) is 0.886. The van der Waals surface area contributed by atoms with Crippen LogP contribution in [-0.4, -0.2) is 4.98 Å². The first-order valence-electron chi connectivity index (χ1n) is 3.26. The van der Waals surface area contributed by atoms with Gasteiger partial charge in [0.05, 0.1) is 10.0 Å². The van der Waals surface area contributed by atoms with Crippen LogP contribution in [0.25, 0.3) is 11.0 Å². The van der Waals surface area contributed by atoms with E-state index in [9.17, 15) is 0 Å². The molecular weight excluding hydrogens is 419 g/mol. The number of benzene rings is 1. The number of imidazole rings is 1. The van der Waals surface area contributed by atoms with Crippen LogP contribution in [0.5, 0.6) is 0 Å². The van der Waals surface area contributed by atoms with Crippen molar-refractivity contribution in [2.24, 2.45) is 0 Å². The molecule has 1 aromatic heterocycles. The van der Waals surface area contributed by atoms with Crippen molar-refractivity contribution in [1.82, 2.24) is 9.97 Å². The van der Waals surface area contributed by atoms with Crippen LogP contribution < -0.4 is 4.98 Å². The maximum atomic E-state index is 5.74. The summed E-state index contributed by atoms with van der Waals surface area (Å²) in [6, 6.07) is 3.40. The van der Waals surface area contributed by atoms with E-state index in [1.54, 1.807) is 12.1 Å². The Kier molecular flexibility index (Phi) is 4.80. The summed E-state index contributed by atoms with van der Waals surface area (Å²) in [6.07, 6.45) is 1.48. The summed E-state index contributed by atoms with van der Waals surface area (Å²) >= 11 is 12.0. The SMILES string of the molecule is Clc1cc2nc[n-]c2cc1Cl.[Cl][Hg+]. The van der Waals surface area contributed by atoms with Gasteiger partial charge in [0, 0.05) is 0 Å². The van der Waals surface area contributed by atoms with E-state index in [-0.39, 0.29) is 0 Å². The second-order valence-electron chi connectivity index (χ2n) is 2.13. The fourth-order valence-corrected chi connectivity index (χ4v) is 1.20. The number of halogens is 3. The molecule has 6 heteroatoms. The molecule has 0 saturated heterocycles. The topological polar surface area (TPSA) is 27.0 Å². The van der Waals surface area contributed by atoms with E-state index in [1.165, 1.54) is 6.33 Å². The van der Waals surface area contributed by atoms with Gasteiger partial charge in [0.15, 0.2) is 0 Å². The Hall–Kier alpha value is 0.495. The van der Waals surface area contributed by atoms with Crippen molar-refractivity contribution in [1.29, 1.82) is 0 Å². The Morgan fingerprint density at radius 1 is 1.15 bits per heavy atom. The third-order valence-electron chi connectivity index (χ3n) is 1.41. The first-order valence-corrected chi connectivity index (χ1v) is 10.8. The Balaban J connectivity index is 0.000000396. The molecule has 0 N–H and O–H groups in total. The van der Waals surface area contributed by atoms with Crippen LogP contribution in [0.3, 0.4) is 0 Å². The molecule has 2 aromatic rings. The van der Waals surface area contributed by atoms with Crippen LogP contribution in [0, 0.1) is 0 Å². The summed E-state index contributed by atoms with van der Waals surface area (Å²) in [5.74, 6) is 0. The molecule has 0 aliphatic heterocycles. The normalized spacial score (nSPS) is 9.62. The van der Waals surface area contributed by atoms with Gasteiger partial charge in [0.1, 0.15) is 0 Å². The second kappa shape index (κ2) is 5.39. The standard InChI is InChI=1S/C7H3Cl2N2.ClH.Hg/c8-4-1-6-7(2-5(4)9)11-3-10-6;;/h1-3H;1H;/q-1;;+2/p-1. The van der Waals surface area contributed by atoms with Crippen LogP contribution >= 0.6 is 31.5 Å². The molecule has 64 valence electrons. The fraction of sp³-hybridized carbons (Fsp3) is 0. The van der Waals surface area contributed by atoms with Crippen LogP contribution in [-0.2, 0) is 24.9 Å². The monoisotopic (exact) mass is 422 g/mol. The number of nitrogens with zero attached hydrogens (tertiary/aromatic N) is 2. The van der Waals surface area contributed by atoms with Crippen LogP contribution in [0.4, 0.5) is 0 Å². The quantitative estimate of drug-likeness (QED) is 0.611. The predicted octanol–water partition coefficient (Wildman–Crippen LogP) is 3.19. The minimum absolute atomic E-state index is 0.500. The van der Waals surface area contributed by atoms with Gasteiger partial charge in [-0.1, -0.05) is 29.5 Å². The second-order valence-corrected chi connectivity index (χ2v) is 2.94. The van der Waals surface area contributed by atoms with Crippen molar-refractivity contribution in [3.8, 4) is 0 Å². The third-order valence-corrected chi connectivity index (χ3v) is 2.13. The molecule has 0 aliphatic rings. The molecule has 1 heterocycles. The van der Waals surface area contributed by atoms with Crippen molar-refractivity contribution in [3.05, 3.63) is 28.5 Å². The molecule has 13 heavy (non-hydrogen) atoms. The van der Waals surface area contributed by atoms with E-state index in [0.29, 0.717) is 34.9 Å². The first kappa shape index (κ1) is 11.6. The average molecular weight is 422 g/mol. The van der Waals surface area contributed by atoms with E-state index in [0.717, 1.165) is 11.0 Å². The zero-order valence-electron chi connectivity index (χ0n) is 6.47. The van der Waals surface area contributed by atoms with Crippen molar-refractivity contribution >= 4 is 42.5 Å². The molecule has 0 aliphatic carbocycles. The molecule has 0 amide bonds. The van der Waals surface area contributed by atoms with Crippen molar-refractivity contribution in [3.63, 3.8) is 0 Å². The summed E-state index contributed by atoms with van der Waals surface area (Å²) in [4.78, 5) is 7.93. The average Bonchev–Trinajstić information content (AvgIpc) is 2.56. The first-order chi connectivity index (χ1) is 6.27. The van der Waals surface area contributed by atoms with Crippen molar-refractivity contribution in [2.75, 3.05) is 0 Å². The van der Waals surface area contributed by atoms with Crippen LogP contribution in [0.1, 0.15) is 0 Å². The predicted molar refractivity (Wildman–Crippen MR) is 50.9 cm³/mol. The summed E-state index contributed by atoms with van der Waals surface area (Å²) < 4.78 is 0. The number of hydrogen-bond acceptors (Lipinski definition) is 1. The molecule has 0 radical (unpaired) electrons. The zero-order chi connectivity index (χ0) is 9.84. The summed E-state index contributed by atoms with van der Waals surface area (Å²) in [6.45, 7) is 0. The Labute approximate surface area is 105 Å². The third kappa shape index (κ3) is 2.72.